The van der Waals surface area contributed by atoms with Gasteiger partial charge in [-0.25, -0.2) is 9.59 Å². The van der Waals surface area contributed by atoms with Crippen molar-refractivity contribution < 1.29 is 28.6 Å². The van der Waals surface area contributed by atoms with E-state index in [2.05, 4.69) is 5.32 Å². The van der Waals surface area contributed by atoms with Gasteiger partial charge in [0.05, 0.1) is 6.61 Å². The van der Waals surface area contributed by atoms with E-state index >= 15 is 0 Å². The van der Waals surface area contributed by atoms with Crippen LogP contribution in [-0.4, -0.2) is 30.6 Å². The maximum absolute atomic E-state index is 13.2. The van der Waals surface area contributed by atoms with Gasteiger partial charge in [-0.05, 0) is 19.9 Å². The number of carbonyl (C=O) groups is 3. The zero-order valence-electron chi connectivity index (χ0n) is 14.8. The average Bonchev–Trinajstić information content (AvgIpc) is 2.87. The molecule has 140 valence electrons. The van der Waals surface area contributed by atoms with Gasteiger partial charge in [-0.15, -0.1) is 0 Å². The van der Waals surface area contributed by atoms with Gasteiger partial charge in [-0.2, -0.15) is 0 Å². The minimum atomic E-state index is -1.77. The lowest BCUT2D eigenvalue weighted by atomic mass is 9.67. The number of nitrogens with one attached hydrogen (secondary N) is 1. The number of anilines is 1. The number of cyclic esters (lactones) is 1. The maximum atomic E-state index is 13.2. The third kappa shape index (κ3) is 2.19. The molecule has 2 atom stereocenters. The smallest absolute Gasteiger partial charge is 0.341 e. The van der Waals surface area contributed by atoms with Crippen LogP contribution < -0.4 is 11.1 Å². The van der Waals surface area contributed by atoms with Gasteiger partial charge < -0.3 is 25.3 Å². The van der Waals surface area contributed by atoms with Crippen LogP contribution in [0.3, 0.4) is 0 Å². The first kappa shape index (κ1) is 17.1. The van der Waals surface area contributed by atoms with E-state index in [0.29, 0.717) is 11.3 Å². The molecule has 0 aromatic heterocycles. The number of hydrogen-bond acceptors (Lipinski definition) is 7. The molecule has 1 amide bonds. The number of rotatable bonds is 2. The molecule has 1 aromatic rings. The van der Waals surface area contributed by atoms with Crippen molar-refractivity contribution in [2.45, 2.75) is 31.8 Å². The Kier molecular flexibility index (Phi) is 3.73. The molecular weight excluding hydrogens is 352 g/mol. The topological polar surface area (TPSA) is 117 Å². The fourth-order valence-electron chi connectivity index (χ4n) is 3.92. The van der Waals surface area contributed by atoms with E-state index in [9.17, 15) is 14.4 Å². The van der Waals surface area contributed by atoms with Crippen molar-refractivity contribution >= 4 is 23.5 Å². The zero-order chi connectivity index (χ0) is 19.3. The van der Waals surface area contributed by atoms with Crippen LogP contribution in [-0.2, 0) is 34.0 Å². The van der Waals surface area contributed by atoms with Crippen LogP contribution in [0.25, 0.3) is 0 Å². The van der Waals surface area contributed by atoms with Gasteiger partial charge in [0, 0.05) is 17.7 Å². The normalized spacial score (nSPS) is 26.2. The minimum absolute atomic E-state index is 0.0275. The number of ether oxygens (including phenoxy) is 3. The second-order valence-corrected chi connectivity index (χ2v) is 6.53. The number of hydrogen-bond donors (Lipinski definition) is 2. The summed E-state index contributed by atoms with van der Waals surface area (Å²) < 4.78 is 16.1. The summed E-state index contributed by atoms with van der Waals surface area (Å²) in [5.74, 6) is -2.13. The van der Waals surface area contributed by atoms with Crippen molar-refractivity contribution in [2.75, 3.05) is 11.9 Å². The van der Waals surface area contributed by atoms with E-state index in [1.165, 1.54) is 0 Å². The van der Waals surface area contributed by atoms with E-state index in [1.54, 1.807) is 38.1 Å². The lowest BCUT2D eigenvalue weighted by Crippen LogP contribution is -2.50. The predicted octanol–water partition coefficient (Wildman–Crippen LogP) is 1.23. The van der Waals surface area contributed by atoms with Crippen molar-refractivity contribution in [1.82, 2.24) is 0 Å². The van der Waals surface area contributed by atoms with Crippen LogP contribution in [0.1, 0.15) is 25.8 Å². The molecule has 27 heavy (non-hydrogen) atoms. The number of carbonyl (C=O) groups excluding carboxylic acids is 3. The van der Waals surface area contributed by atoms with Crippen LogP contribution in [0.4, 0.5) is 5.69 Å². The summed E-state index contributed by atoms with van der Waals surface area (Å²) in [5.41, 5.74) is 4.98. The van der Waals surface area contributed by atoms with Crippen LogP contribution in [0.5, 0.6) is 0 Å². The Balaban J connectivity index is 2.06. The molecule has 0 saturated carbocycles. The molecule has 1 aromatic carbocycles. The summed E-state index contributed by atoms with van der Waals surface area (Å²) in [5, 5.41) is 2.74. The number of fused-ring (bicyclic) bond motifs is 3. The van der Waals surface area contributed by atoms with Crippen LogP contribution >= 0.6 is 0 Å². The lowest BCUT2D eigenvalue weighted by molar-refractivity contribution is -0.149. The van der Waals surface area contributed by atoms with Gasteiger partial charge >= 0.3 is 11.9 Å². The number of benzene rings is 1. The standard InChI is InChI=1S/C19H18N2O6/c1-3-25-16(22)14-15(20)27-12-8-9(2)26-17(23)13(12)19(14)10-6-4-5-7-11(10)21-18(19)24/h4-7,9H,3,8,20H2,1-2H3,(H,21,24)/t9-,19-/m1/s1. The van der Waals surface area contributed by atoms with Gasteiger partial charge in [0.25, 0.3) is 0 Å². The Morgan fingerprint density at radius 1 is 1.37 bits per heavy atom. The Hall–Kier alpha value is -3.29. The highest BCUT2D eigenvalue weighted by atomic mass is 16.6. The van der Waals surface area contributed by atoms with Gasteiger partial charge in [0.1, 0.15) is 28.4 Å². The molecule has 0 radical (unpaired) electrons. The number of para-hydroxylation sites is 1. The van der Waals surface area contributed by atoms with Crippen molar-refractivity contribution in [1.29, 1.82) is 0 Å². The van der Waals surface area contributed by atoms with Crippen LogP contribution in [0.15, 0.2) is 47.1 Å². The third-order valence-corrected chi connectivity index (χ3v) is 4.89. The van der Waals surface area contributed by atoms with E-state index in [0.717, 1.165) is 0 Å². The largest absolute Gasteiger partial charge is 0.462 e. The lowest BCUT2D eigenvalue weighted by Gasteiger charge is -2.39. The number of esters is 2. The molecule has 3 N–H and O–H groups in total. The Labute approximate surface area is 154 Å². The molecule has 0 saturated heterocycles. The Morgan fingerprint density at radius 2 is 2.11 bits per heavy atom. The molecule has 8 heteroatoms. The van der Waals surface area contributed by atoms with Gasteiger partial charge in [0.2, 0.25) is 11.8 Å². The summed E-state index contributed by atoms with van der Waals surface area (Å²) >= 11 is 0. The van der Waals surface area contributed by atoms with Crippen molar-refractivity contribution in [3.63, 3.8) is 0 Å². The average molecular weight is 370 g/mol. The monoisotopic (exact) mass is 370 g/mol. The Bertz CT molecular complexity index is 947. The van der Waals surface area contributed by atoms with Crippen LogP contribution in [0, 0.1) is 0 Å². The SMILES string of the molecule is CCOC(=O)C1=C(N)OC2=C(C(=O)O[C@H](C)C2)[C@@]12C(=O)Nc1ccccc12. The molecular formula is C19H18N2O6. The molecule has 0 aliphatic carbocycles. The summed E-state index contributed by atoms with van der Waals surface area (Å²) in [6, 6.07) is 6.81. The highest BCUT2D eigenvalue weighted by Crippen LogP contribution is 2.53. The molecule has 3 aliphatic heterocycles. The van der Waals surface area contributed by atoms with Gasteiger partial charge in [-0.1, -0.05) is 18.2 Å². The van der Waals surface area contributed by atoms with Gasteiger partial charge in [0.15, 0.2) is 0 Å². The summed E-state index contributed by atoms with van der Waals surface area (Å²) in [6.45, 7) is 3.42. The second-order valence-electron chi connectivity index (χ2n) is 6.53. The number of nitrogens with two attached hydrogens (primary N) is 1. The van der Waals surface area contributed by atoms with E-state index in [1.807, 2.05) is 0 Å². The molecule has 4 rings (SSSR count). The summed E-state index contributed by atoms with van der Waals surface area (Å²) in [4.78, 5) is 38.9. The molecule has 0 unspecified atom stereocenters. The predicted molar refractivity (Wildman–Crippen MR) is 92.9 cm³/mol. The van der Waals surface area contributed by atoms with Crippen molar-refractivity contribution in [2.24, 2.45) is 5.73 Å². The highest BCUT2D eigenvalue weighted by Gasteiger charge is 2.63. The first-order chi connectivity index (χ1) is 12.9. The third-order valence-electron chi connectivity index (χ3n) is 4.89. The fraction of sp³-hybridized carbons (Fsp3) is 0.316. The maximum Gasteiger partial charge on any atom is 0.341 e. The van der Waals surface area contributed by atoms with E-state index in [4.69, 9.17) is 19.9 Å². The van der Waals surface area contributed by atoms with Crippen molar-refractivity contribution in [3.05, 3.63) is 52.6 Å². The molecule has 0 bridgehead atoms. The zero-order valence-corrected chi connectivity index (χ0v) is 14.8. The van der Waals surface area contributed by atoms with Gasteiger partial charge in [-0.3, -0.25) is 4.79 Å². The fourth-order valence-corrected chi connectivity index (χ4v) is 3.92. The molecule has 3 aliphatic rings. The first-order valence-electron chi connectivity index (χ1n) is 8.62. The first-order valence-corrected chi connectivity index (χ1v) is 8.62. The highest BCUT2D eigenvalue weighted by molar-refractivity contribution is 6.21. The number of amides is 1. The molecule has 8 nitrogen and oxygen atoms in total. The minimum Gasteiger partial charge on any atom is -0.462 e. The summed E-state index contributed by atoms with van der Waals surface area (Å²) in [6.07, 6.45) is -0.195. The molecule has 0 fully saturated rings. The van der Waals surface area contributed by atoms with Crippen molar-refractivity contribution in [3.8, 4) is 0 Å². The molecule has 1 spiro atoms. The second kappa shape index (κ2) is 5.87. The quantitative estimate of drug-likeness (QED) is 0.752. The van der Waals surface area contributed by atoms with Crippen LogP contribution in [0.2, 0.25) is 0 Å². The summed E-state index contributed by atoms with van der Waals surface area (Å²) in [7, 11) is 0. The van der Waals surface area contributed by atoms with E-state index in [-0.39, 0.29) is 35.8 Å². The Morgan fingerprint density at radius 3 is 2.85 bits per heavy atom. The van der Waals surface area contributed by atoms with E-state index < -0.39 is 29.4 Å². The molecule has 3 heterocycles.